The van der Waals surface area contributed by atoms with E-state index in [4.69, 9.17) is 4.74 Å². The Morgan fingerprint density at radius 3 is 2.56 bits per heavy atom. The minimum Gasteiger partial charge on any atom is -0.476 e. The van der Waals surface area contributed by atoms with Gasteiger partial charge < -0.3 is 20.1 Å². The Kier molecular flexibility index (Phi) is 4.73. The number of piperidine rings is 1. The maximum atomic E-state index is 12.2. The fourth-order valence-electron chi connectivity index (χ4n) is 3.47. The molecule has 0 aliphatic carbocycles. The van der Waals surface area contributed by atoms with Gasteiger partial charge in [-0.3, -0.25) is 4.68 Å². The molecule has 25 heavy (non-hydrogen) atoms. The van der Waals surface area contributed by atoms with Crippen LogP contribution in [0, 0.1) is 0 Å². The highest BCUT2D eigenvalue weighted by molar-refractivity contribution is 5.87. The molecule has 1 saturated heterocycles. The summed E-state index contributed by atoms with van der Waals surface area (Å²) in [4.78, 5) is 25.4. The summed E-state index contributed by atoms with van der Waals surface area (Å²) < 4.78 is 7.32. The van der Waals surface area contributed by atoms with E-state index in [1.165, 1.54) is 0 Å². The standard InChI is InChI=1S/C17H26N4O4/c1-17(2,3)25-16(24)20-8-5-11(6-9-20)21-13-4-7-18-10-12(13)14(19-21)15(22)23/h11,18H,4-10H2,1-3H3,(H,22,23). The van der Waals surface area contributed by atoms with E-state index in [2.05, 4.69) is 10.4 Å². The Morgan fingerprint density at radius 1 is 1.28 bits per heavy atom. The number of hydrogen-bond acceptors (Lipinski definition) is 5. The second-order valence-corrected chi connectivity index (χ2v) is 7.65. The van der Waals surface area contributed by atoms with Crippen LogP contribution in [0.1, 0.15) is 61.4 Å². The molecule has 138 valence electrons. The quantitative estimate of drug-likeness (QED) is 0.844. The number of likely N-dealkylation sites (tertiary alicyclic amines) is 1. The first kappa shape index (κ1) is 17.7. The summed E-state index contributed by atoms with van der Waals surface area (Å²) in [5.74, 6) is -0.982. The zero-order valence-electron chi connectivity index (χ0n) is 15.0. The Hall–Kier alpha value is -2.09. The number of amides is 1. The summed E-state index contributed by atoms with van der Waals surface area (Å²) in [6.45, 7) is 8.13. The Bertz CT molecular complexity index is 669. The molecule has 0 bridgehead atoms. The van der Waals surface area contributed by atoms with Crippen LogP contribution in [0.5, 0.6) is 0 Å². The third kappa shape index (κ3) is 3.78. The molecule has 2 aliphatic heterocycles. The average molecular weight is 350 g/mol. The minimum absolute atomic E-state index is 0.124. The molecule has 1 amide bonds. The number of aromatic nitrogens is 2. The van der Waals surface area contributed by atoms with Crippen LogP contribution in [0.15, 0.2) is 0 Å². The average Bonchev–Trinajstić information content (AvgIpc) is 2.93. The third-order valence-electron chi connectivity index (χ3n) is 4.62. The number of rotatable bonds is 2. The van der Waals surface area contributed by atoms with Crippen molar-refractivity contribution in [3.63, 3.8) is 0 Å². The van der Waals surface area contributed by atoms with Crippen LogP contribution in [0.2, 0.25) is 0 Å². The molecule has 0 saturated carbocycles. The SMILES string of the molecule is CC(C)(C)OC(=O)N1CCC(n2nc(C(=O)O)c3c2CCNC3)CC1. The molecule has 1 fully saturated rings. The summed E-state index contributed by atoms with van der Waals surface area (Å²) in [7, 11) is 0. The zero-order chi connectivity index (χ0) is 18.2. The molecule has 0 spiro atoms. The second-order valence-electron chi connectivity index (χ2n) is 7.65. The van der Waals surface area contributed by atoms with Gasteiger partial charge in [0.1, 0.15) is 5.60 Å². The van der Waals surface area contributed by atoms with Crippen LogP contribution >= 0.6 is 0 Å². The first-order valence-electron chi connectivity index (χ1n) is 8.78. The van der Waals surface area contributed by atoms with Crippen molar-refractivity contribution in [2.75, 3.05) is 19.6 Å². The first-order valence-corrected chi connectivity index (χ1v) is 8.78. The van der Waals surface area contributed by atoms with Crippen LogP contribution in [0.4, 0.5) is 4.79 Å². The fraction of sp³-hybridized carbons (Fsp3) is 0.706. The van der Waals surface area contributed by atoms with Gasteiger partial charge in [-0.05, 0) is 33.6 Å². The van der Waals surface area contributed by atoms with Gasteiger partial charge in [0.15, 0.2) is 5.69 Å². The number of carboxylic acids is 1. The maximum Gasteiger partial charge on any atom is 0.410 e. The van der Waals surface area contributed by atoms with E-state index in [1.807, 2.05) is 25.5 Å². The van der Waals surface area contributed by atoms with E-state index < -0.39 is 11.6 Å². The van der Waals surface area contributed by atoms with Crippen LogP contribution < -0.4 is 5.32 Å². The first-order chi connectivity index (χ1) is 11.8. The van der Waals surface area contributed by atoms with Crippen molar-refractivity contribution in [1.29, 1.82) is 0 Å². The van der Waals surface area contributed by atoms with Crippen molar-refractivity contribution in [2.45, 2.75) is 58.2 Å². The maximum absolute atomic E-state index is 12.2. The molecular weight excluding hydrogens is 324 g/mol. The molecule has 0 unspecified atom stereocenters. The Morgan fingerprint density at radius 2 is 1.96 bits per heavy atom. The highest BCUT2D eigenvalue weighted by Crippen LogP contribution is 2.28. The smallest absolute Gasteiger partial charge is 0.410 e. The molecule has 0 atom stereocenters. The molecular formula is C17H26N4O4. The van der Waals surface area contributed by atoms with E-state index in [9.17, 15) is 14.7 Å². The number of carboxylic acid groups (broad SMARTS) is 1. The highest BCUT2D eigenvalue weighted by atomic mass is 16.6. The molecule has 8 heteroatoms. The van der Waals surface area contributed by atoms with Gasteiger partial charge in [-0.2, -0.15) is 5.10 Å². The van der Waals surface area contributed by atoms with Gasteiger partial charge in [-0.1, -0.05) is 0 Å². The summed E-state index contributed by atoms with van der Waals surface area (Å²) in [6.07, 6.45) is 1.99. The lowest BCUT2D eigenvalue weighted by Gasteiger charge is -2.34. The van der Waals surface area contributed by atoms with Crippen molar-refractivity contribution < 1.29 is 19.4 Å². The molecule has 0 aromatic carbocycles. The summed E-state index contributed by atoms with van der Waals surface area (Å²) in [5, 5.41) is 17.0. The van der Waals surface area contributed by atoms with E-state index in [-0.39, 0.29) is 17.8 Å². The molecule has 2 N–H and O–H groups in total. The van der Waals surface area contributed by atoms with Crippen LogP contribution in [0.3, 0.4) is 0 Å². The van der Waals surface area contributed by atoms with Crippen molar-refractivity contribution >= 4 is 12.1 Å². The molecule has 2 aliphatic rings. The van der Waals surface area contributed by atoms with E-state index in [0.29, 0.717) is 19.6 Å². The number of hydrogen-bond donors (Lipinski definition) is 2. The van der Waals surface area contributed by atoms with E-state index >= 15 is 0 Å². The van der Waals surface area contributed by atoms with Crippen molar-refractivity contribution in [1.82, 2.24) is 20.0 Å². The Balaban J connectivity index is 1.71. The number of aromatic carboxylic acids is 1. The van der Waals surface area contributed by atoms with Gasteiger partial charge in [0.05, 0.1) is 6.04 Å². The van der Waals surface area contributed by atoms with Crippen LogP contribution in [-0.4, -0.2) is 57.1 Å². The molecule has 8 nitrogen and oxygen atoms in total. The summed E-state index contributed by atoms with van der Waals surface area (Å²) in [5.41, 5.74) is 1.47. The second kappa shape index (κ2) is 6.67. The minimum atomic E-state index is -0.982. The van der Waals surface area contributed by atoms with Gasteiger partial charge in [0.2, 0.25) is 0 Å². The lowest BCUT2D eigenvalue weighted by atomic mass is 10.0. The largest absolute Gasteiger partial charge is 0.476 e. The van der Waals surface area contributed by atoms with Crippen molar-refractivity contribution in [3.05, 3.63) is 17.0 Å². The highest BCUT2D eigenvalue weighted by Gasteiger charge is 2.32. The monoisotopic (exact) mass is 350 g/mol. The predicted octanol–water partition coefficient (Wildman–Crippen LogP) is 1.80. The predicted molar refractivity (Wildman–Crippen MR) is 90.7 cm³/mol. The number of fused-ring (bicyclic) bond motifs is 1. The summed E-state index contributed by atoms with van der Waals surface area (Å²) >= 11 is 0. The topological polar surface area (TPSA) is 96.7 Å². The number of ether oxygens (including phenoxy) is 1. The molecule has 1 aromatic heterocycles. The Labute approximate surface area is 147 Å². The fourth-order valence-corrected chi connectivity index (χ4v) is 3.47. The molecule has 3 rings (SSSR count). The normalized spacial score (nSPS) is 18.8. The van der Waals surface area contributed by atoms with Crippen LogP contribution in [0.25, 0.3) is 0 Å². The number of nitrogens with one attached hydrogen (secondary N) is 1. The molecule has 3 heterocycles. The lowest BCUT2D eigenvalue weighted by Crippen LogP contribution is -2.42. The molecule has 1 aromatic rings. The number of carbonyl (C=O) groups excluding carboxylic acids is 1. The van der Waals surface area contributed by atoms with Crippen molar-refractivity contribution in [3.8, 4) is 0 Å². The lowest BCUT2D eigenvalue weighted by molar-refractivity contribution is 0.0184. The van der Waals surface area contributed by atoms with Gasteiger partial charge >= 0.3 is 12.1 Å². The third-order valence-corrected chi connectivity index (χ3v) is 4.62. The van der Waals surface area contributed by atoms with Crippen molar-refractivity contribution in [2.24, 2.45) is 0 Å². The summed E-state index contributed by atoms with van der Waals surface area (Å²) in [6, 6.07) is 0.124. The van der Waals surface area contributed by atoms with Gasteiger partial charge in [0, 0.05) is 43.9 Å². The van der Waals surface area contributed by atoms with Gasteiger partial charge in [0.25, 0.3) is 0 Å². The van der Waals surface area contributed by atoms with Crippen LogP contribution in [-0.2, 0) is 17.7 Å². The zero-order valence-corrected chi connectivity index (χ0v) is 15.0. The van der Waals surface area contributed by atoms with Gasteiger partial charge in [-0.25, -0.2) is 9.59 Å². The van der Waals surface area contributed by atoms with Gasteiger partial charge in [-0.15, -0.1) is 0 Å². The van der Waals surface area contributed by atoms with E-state index in [1.54, 1.807) is 4.90 Å². The molecule has 0 radical (unpaired) electrons. The number of nitrogens with zero attached hydrogens (tertiary/aromatic N) is 3. The number of carbonyl (C=O) groups is 2. The van der Waals surface area contributed by atoms with E-state index in [0.717, 1.165) is 37.1 Å².